The molecule has 0 aliphatic heterocycles. The molecule has 2 fully saturated rings. The van der Waals surface area contributed by atoms with E-state index in [1.165, 1.54) is 51.4 Å². The van der Waals surface area contributed by atoms with Gasteiger partial charge in [0.05, 0.1) is 6.73 Å². The molecule has 0 radical (unpaired) electrons. The number of hydrogen-bond donors (Lipinski definition) is 3. The predicted molar refractivity (Wildman–Crippen MR) is 77.6 cm³/mol. The predicted octanol–water partition coefficient (Wildman–Crippen LogP) is 1.35. The smallest absolute Gasteiger partial charge is 0.336 e. The van der Waals surface area contributed by atoms with Gasteiger partial charge in [0.15, 0.2) is 0 Å². The zero-order valence-corrected chi connectivity index (χ0v) is 12.9. The molecule has 2 saturated carbocycles. The molecule has 0 aromatic carbocycles. The molecule has 0 saturated heterocycles. The van der Waals surface area contributed by atoms with Crippen molar-refractivity contribution in [1.82, 2.24) is 15.3 Å². The molecule has 0 aromatic rings. The fourth-order valence-corrected chi connectivity index (χ4v) is 5.10. The zero-order chi connectivity index (χ0) is 12.6. The zero-order valence-electron chi connectivity index (χ0n) is 11.7. The third-order valence-corrected chi connectivity index (χ3v) is 6.13. The van der Waals surface area contributed by atoms with E-state index in [1.54, 1.807) is 0 Å². The van der Waals surface area contributed by atoms with Crippen LogP contribution in [0.15, 0.2) is 0 Å². The molecule has 2 aliphatic rings. The van der Waals surface area contributed by atoms with Crippen LogP contribution in [-0.2, 0) is 4.43 Å². The van der Waals surface area contributed by atoms with Crippen molar-refractivity contribution in [3.63, 3.8) is 0 Å². The van der Waals surface area contributed by atoms with Gasteiger partial charge in [-0.2, -0.15) is 0 Å². The van der Waals surface area contributed by atoms with Crippen LogP contribution in [0.1, 0.15) is 58.3 Å². The van der Waals surface area contributed by atoms with E-state index in [4.69, 9.17) is 4.43 Å². The maximum Gasteiger partial charge on any atom is 0.336 e. The van der Waals surface area contributed by atoms with Crippen LogP contribution in [0.3, 0.4) is 0 Å². The number of hydrogen-bond acceptors (Lipinski definition) is 4. The van der Waals surface area contributed by atoms with Gasteiger partial charge in [0, 0.05) is 12.1 Å². The van der Waals surface area contributed by atoms with Crippen molar-refractivity contribution < 1.29 is 4.43 Å². The molecule has 0 amide bonds. The lowest BCUT2D eigenvalue weighted by molar-refractivity contribution is 0.265. The van der Waals surface area contributed by atoms with E-state index in [0.29, 0.717) is 18.8 Å². The second-order valence-electron chi connectivity index (χ2n) is 5.59. The number of nitrogens with one attached hydrogen (secondary N) is 3. The van der Waals surface area contributed by atoms with E-state index in [-0.39, 0.29) is 0 Å². The molecule has 0 spiro atoms. The fraction of sp³-hybridized carbons (Fsp3) is 1.00. The van der Waals surface area contributed by atoms with Crippen LogP contribution < -0.4 is 15.3 Å². The summed E-state index contributed by atoms with van der Waals surface area (Å²) in [5, 5.41) is 3.26. The standard InChI is InChI=1S/C13H29N3OSi/c1-2-14-11-17-18(15-12-7-3-4-8-12)16-13-9-5-6-10-13/h12-16,18H,2-11H2,1H3. The van der Waals surface area contributed by atoms with Crippen molar-refractivity contribution in [2.24, 2.45) is 0 Å². The quantitative estimate of drug-likeness (QED) is 0.354. The van der Waals surface area contributed by atoms with Gasteiger partial charge in [0.25, 0.3) is 0 Å². The Morgan fingerprint density at radius 3 is 1.89 bits per heavy atom. The van der Waals surface area contributed by atoms with Crippen LogP contribution in [0.5, 0.6) is 0 Å². The van der Waals surface area contributed by atoms with E-state index in [9.17, 15) is 0 Å². The van der Waals surface area contributed by atoms with Crippen molar-refractivity contribution in [1.29, 1.82) is 0 Å². The van der Waals surface area contributed by atoms with E-state index in [2.05, 4.69) is 22.2 Å². The summed E-state index contributed by atoms with van der Waals surface area (Å²) in [6.45, 7) is 3.79. The Kier molecular flexibility index (Phi) is 6.65. The van der Waals surface area contributed by atoms with E-state index in [1.807, 2.05) is 0 Å². The summed E-state index contributed by atoms with van der Waals surface area (Å²) in [6.07, 6.45) is 10.9. The Hall–Kier alpha value is 0.0569. The van der Waals surface area contributed by atoms with Crippen LogP contribution in [0, 0.1) is 0 Å². The minimum absolute atomic E-state index is 0.687. The van der Waals surface area contributed by atoms with Crippen LogP contribution in [-0.4, -0.2) is 34.7 Å². The van der Waals surface area contributed by atoms with Crippen LogP contribution in [0.25, 0.3) is 0 Å². The van der Waals surface area contributed by atoms with Crippen LogP contribution in [0.4, 0.5) is 0 Å². The van der Waals surface area contributed by atoms with Gasteiger partial charge in [-0.1, -0.05) is 32.6 Å². The average molecular weight is 271 g/mol. The maximum absolute atomic E-state index is 6.01. The normalized spacial score (nSPS) is 22.3. The van der Waals surface area contributed by atoms with Gasteiger partial charge in [-0.25, -0.2) is 0 Å². The molecule has 0 aromatic heterocycles. The maximum atomic E-state index is 6.01. The largest absolute Gasteiger partial charge is 0.381 e. The second kappa shape index (κ2) is 8.27. The molecule has 0 atom stereocenters. The minimum Gasteiger partial charge on any atom is -0.381 e. The Morgan fingerprint density at radius 2 is 1.44 bits per heavy atom. The van der Waals surface area contributed by atoms with Gasteiger partial charge in [0.1, 0.15) is 0 Å². The number of rotatable bonds is 8. The highest BCUT2D eigenvalue weighted by atomic mass is 28.3. The lowest BCUT2D eigenvalue weighted by atomic mass is 10.3. The monoisotopic (exact) mass is 271 g/mol. The van der Waals surface area contributed by atoms with E-state index >= 15 is 0 Å². The molecule has 2 aliphatic carbocycles. The fourth-order valence-electron chi connectivity index (χ4n) is 3.00. The highest BCUT2D eigenvalue weighted by Crippen LogP contribution is 2.19. The molecule has 0 unspecified atom stereocenters. The first-order valence-electron chi connectivity index (χ1n) is 7.73. The van der Waals surface area contributed by atoms with E-state index in [0.717, 1.165) is 6.54 Å². The molecular weight excluding hydrogens is 242 g/mol. The Balaban J connectivity index is 1.72. The highest BCUT2D eigenvalue weighted by molar-refractivity contribution is 6.46. The summed E-state index contributed by atoms with van der Waals surface area (Å²) >= 11 is 0. The summed E-state index contributed by atoms with van der Waals surface area (Å²) in [5.74, 6) is 0. The first-order valence-corrected chi connectivity index (χ1v) is 9.35. The van der Waals surface area contributed by atoms with Gasteiger partial charge in [0.2, 0.25) is 0 Å². The highest BCUT2D eigenvalue weighted by Gasteiger charge is 2.25. The average Bonchev–Trinajstić information content (AvgIpc) is 3.02. The van der Waals surface area contributed by atoms with Crippen LogP contribution in [0.2, 0.25) is 0 Å². The van der Waals surface area contributed by atoms with Gasteiger partial charge in [-0.05, 0) is 32.2 Å². The second-order valence-corrected chi connectivity index (χ2v) is 7.35. The molecule has 3 N–H and O–H groups in total. The molecular formula is C13H29N3OSi. The summed E-state index contributed by atoms with van der Waals surface area (Å²) in [4.78, 5) is 7.53. The summed E-state index contributed by atoms with van der Waals surface area (Å²) in [6, 6.07) is 1.41. The van der Waals surface area contributed by atoms with Crippen molar-refractivity contribution in [3.05, 3.63) is 0 Å². The molecule has 0 bridgehead atoms. The third-order valence-electron chi connectivity index (χ3n) is 4.09. The van der Waals surface area contributed by atoms with Crippen molar-refractivity contribution in [2.45, 2.75) is 70.4 Å². The van der Waals surface area contributed by atoms with Crippen molar-refractivity contribution >= 4 is 9.36 Å². The lowest BCUT2D eigenvalue weighted by Crippen LogP contribution is -2.57. The summed E-state index contributed by atoms with van der Waals surface area (Å²) < 4.78 is 6.01. The molecule has 0 heterocycles. The van der Waals surface area contributed by atoms with Crippen molar-refractivity contribution in [2.75, 3.05) is 13.3 Å². The lowest BCUT2D eigenvalue weighted by Gasteiger charge is -2.25. The molecule has 18 heavy (non-hydrogen) atoms. The van der Waals surface area contributed by atoms with Gasteiger partial charge >= 0.3 is 9.36 Å². The first-order chi connectivity index (χ1) is 8.88. The molecule has 106 valence electrons. The minimum atomic E-state index is -1.43. The molecule has 5 heteroatoms. The van der Waals surface area contributed by atoms with Gasteiger partial charge in [-0.15, -0.1) is 0 Å². The summed E-state index contributed by atoms with van der Waals surface area (Å²) in [5.41, 5.74) is 0. The molecule has 2 rings (SSSR count). The Labute approximate surface area is 113 Å². The van der Waals surface area contributed by atoms with Crippen molar-refractivity contribution in [3.8, 4) is 0 Å². The Bertz CT molecular complexity index is 200. The summed E-state index contributed by atoms with van der Waals surface area (Å²) in [7, 11) is -1.43. The Morgan fingerprint density at radius 1 is 0.944 bits per heavy atom. The van der Waals surface area contributed by atoms with Gasteiger partial charge in [-0.3, -0.25) is 5.32 Å². The first kappa shape index (κ1) is 14.5. The van der Waals surface area contributed by atoms with Gasteiger partial charge < -0.3 is 14.4 Å². The third kappa shape index (κ3) is 4.97. The van der Waals surface area contributed by atoms with Crippen LogP contribution >= 0.6 is 0 Å². The van der Waals surface area contributed by atoms with E-state index < -0.39 is 9.36 Å². The SMILES string of the molecule is CCNCO[SiH](NC1CCCC1)NC1CCCC1. The topological polar surface area (TPSA) is 45.3 Å². The molecule has 4 nitrogen and oxygen atoms in total.